The zero-order valence-corrected chi connectivity index (χ0v) is 10.5. The molecule has 0 aliphatic heterocycles. The van der Waals surface area contributed by atoms with Gasteiger partial charge in [0.25, 0.3) is 0 Å². The Morgan fingerprint density at radius 1 is 1.44 bits per heavy atom. The van der Waals surface area contributed by atoms with E-state index in [1.807, 2.05) is 32.0 Å². The van der Waals surface area contributed by atoms with Crippen LogP contribution in [0, 0.1) is 18.3 Å². The molecule has 0 aliphatic carbocycles. The number of oxazole rings is 1. The highest BCUT2D eigenvalue weighted by atomic mass is 16.4. The average Bonchev–Trinajstić information content (AvgIpc) is 2.85. The van der Waals surface area contributed by atoms with Crippen LogP contribution in [0.5, 0.6) is 0 Å². The first-order valence-corrected chi connectivity index (χ1v) is 5.91. The van der Waals surface area contributed by atoms with Crippen molar-refractivity contribution in [1.82, 2.24) is 4.98 Å². The minimum absolute atomic E-state index is 0.484. The largest absolute Gasteiger partial charge is 0.444 e. The van der Waals surface area contributed by atoms with Crippen molar-refractivity contribution in [1.29, 1.82) is 5.26 Å². The van der Waals surface area contributed by atoms with Gasteiger partial charge in [-0.25, -0.2) is 4.98 Å². The van der Waals surface area contributed by atoms with E-state index in [0.29, 0.717) is 18.0 Å². The summed E-state index contributed by atoms with van der Waals surface area (Å²) in [7, 11) is 0. The lowest BCUT2D eigenvalue weighted by atomic mass is 10.1. The summed E-state index contributed by atoms with van der Waals surface area (Å²) in [6, 6.07) is 7.90. The normalized spacial score (nSPS) is 10.1. The molecule has 0 amide bonds. The van der Waals surface area contributed by atoms with Crippen LogP contribution in [0.2, 0.25) is 0 Å². The van der Waals surface area contributed by atoms with Crippen molar-refractivity contribution in [2.75, 3.05) is 5.32 Å². The SMILES string of the molecule is CCc1cnc(CNc2ccc(C)cc2C#N)o1. The van der Waals surface area contributed by atoms with Gasteiger partial charge in [-0.05, 0) is 24.6 Å². The lowest BCUT2D eigenvalue weighted by molar-refractivity contribution is 0.466. The Morgan fingerprint density at radius 3 is 2.94 bits per heavy atom. The zero-order valence-electron chi connectivity index (χ0n) is 10.5. The van der Waals surface area contributed by atoms with Gasteiger partial charge in [0, 0.05) is 6.42 Å². The van der Waals surface area contributed by atoms with Crippen molar-refractivity contribution in [2.24, 2.45) is 0 Å². The van der Waals surface area contributed by atoms with E-state index in [0.717, 1.165) is 23.4 Å². The Hall–Kier alpha value is -2.28. The summed E-state index contributed by atoms with van der Waals surface area (Å²) in [4.78, 5) is 4.16. The minimum atomic E-state index is 0.484. The summed E-state index contributed by atoms with van der Waals surface area (Å²) in [5, 5.41) is 12.2. The Bertz CT molecular complexity index is 581. The molecule has 2 aromatic rings. The molecule has 0 fully saturated rings. The Balaban J connectivity index is 2.08. The van der Waals surface area contributed by atoms with Crippen molar-refractivity contribution in [3.63, 3.8) is 0 Å². The van der Waals surface area contributed by atoms with Crippen molar-refractivity contribution in [2.45, 2.75) is 26.8 Å². The molecule has 1 N–H and O–H groups in total. The molecule has 18 heavy (non-hydrogen) atoms. The summed E-state index contributed by atoms with van der Waals surface area (Å²) >= 11 is 0. The van der Waals surface area contributed by atoms with Crippen LogP contribution in [0.1, 0.15) is 29.7 Å². The molecule has 1 aromatic heterocycles. The van der Waals surface area contributed by atoms with Crippen LogP contribution >= 0.6 is 0 Å². The Morgan fingerprint density at radius 2 is 2.28 bits per heavy atom. The second-order valence-electron chi connectivity index (χ2n) is 4.09. The molecule has 4 nitrogen and oxygen atoms in total. The Labute approximate surface area is 106 Å². The second-order valence-corrected chi connectivity index (χ2v) is 4.09. The monoisotopic (exact) mass is 241 g/mol. The predicted molar refractivity (Wildman–Crippen MR) is 69.1 cm³/mol. The van der Waals surface area contributed by atoms with Crippen molar-refractivity contribution in [3.05, 3.63) is 47.2 Å². The fourth-order valence-electron chi connectivity index (χ4n) is 1.67. The summed E-state index contributed by atoms with van der Waals surface area (Å²) < 4.78 is 5.50. The second kappa shape index (κ2) is 5.37. The van der Waals surface area contributed by atoms with Crippen LogP contribution in [0.4, 0.5) is 5.69 Å². The predicted octanol–water partition coefficient (Wildman–Crippen LogP) is 3.03. The first-order valence-electron chi connectivity index (χ1n) is 5.91. The van der Waals surface area contributed by atoms with Crippen molar-refractivity contribution < 1.29 is 4.42 Å². The molecule has 1 heterocycles. The number of aryl methyl sites for hydroxylation is 2. The van der Waals surface area contributed by atoms with E-state index < -0.39 is 0 Å². The number of anilines is 1. The van der Waals surface area contributed by atoms with Gasteiger partial charge in [-0.3, -0.25) is 0 Å². The van der Waals surface area contributed by atoms with Crippen LogP contribution in [-0.4, -0.2) is 4.98 Å². The summed E-state index contributed by atoms with van der Waals surface area (Å²) in [5.41, 5.74) is 2.51. The minimum Gasteiger partial charge on any atom is -0.444 e. The van der Waals surface area contributed by atoms with Crippen molar-refractivity contribution >= 4 is 5.69 Å². The van der Waals surface area contributed by atoms with Crippen LogP contribution in [0.15, 0.2) is 28.8 Å². The number of nitriles is 1. The fourth-order valence-corrected chi connectivity index (χ4v) is 1.67. The smallest absolute Gasteiger partial charge is 0.213 e. The van der Waals surface area contributed by atoms with Crippen LogP contribution in [0.3, 0.4) is 0 Å². The third-order valence-electron chi connectivity index (χ3n) is 2.68. The third kappa shape index (κ3) is 2.69. The maximum atomic E-state index is 9.05. The molecule has 1 aromatic carbocycles. The molecule has 0 saturated heterocycles. The molecule has 2 rings (SSSR count). The molecule has 0 unspecified atom stereocenters. The van der Waals surface area contributed by atoms with Crippen molar-refractivity contribution in [3.8, 4) is 6.07 Å². The lowest BCUT2D eigenvalue weighted by Gasteiger charge is -2.06. The van der Waals surface area contributed by atoms with Gasteiger partial charge in [-0.1, -0.05) is 13.0 Å². The number of nitrogens with one attached hydrogen (secondary N) is 1. The van der Waals surface area contributed by atoms with Crippen LogP contribution < -0.4 is 5.32 Å². The van der Waals surface area contributed by atoms with Gasteiger partial charge in [-0.15, -0.1) is 0 Å². The molecule has 92 valence electrons. The maximum Gasteiger partial charge on any atom is 0.213 e. The Kier molecular flexibility index (Phi) is 3.63. The van der Waals surface area contributed by atoms with E-state index in [9.17, 15) is 0 Å². The van der Waals surface area contributed by atoms with Gasteiger partial charge in [0.1, 0.15) is 11.8 Å². The number of hydrogen-bond acceptors (Lipinski definition) is 4. The van der Waals surface area contributed by atoms with E-state index in [2.05, 4.69) is 16.4 Å². The highest BCUT2D eigenvalue weighted by Crippen LogP contribution is 2.17. The summed E-state index contributed by atoms with van der Waals surface area (Å²) in [5.74, 6) is 1.51. The van der Waals surface area contributed by atoms with Gasteiger partial charge in [-0.2, -0.15) is 5.26 Å². The zero-order chi connectivity index (χ0) is 13.0. The average molecular weight is 241 g/mol. The highest BCUT2D eigenvalue weighted by Gasteiger charge is 2.05. The number of hydrogen-bond donors (Lipinski definition) is 1. The first kappa shape index (κ1) is 12.2. The number of benzene rings is 1. The molecule has 0 atom stereocenters. The summed E-state index contributed by atoms with van der Waals surface area (Å²) in [6.07, 6.45) is 2.57. The molecule has 0 spiro atoms. The van der Waals surface area contributed by atoms with Crippen LogP contribution in [-0.2, 0) is 13.0 Å². The number of rotatable bonds is 4. The van der Waals surface area contributed by atoms with Gasteiger partial charge >= 0.3 is 0 Å². The fraction of sp³-hybridized carbons (Fsp3) is 0.286. The van der Waals surface area contributed by atoms with Gasteiger partial charge in [0.15, 0.2) is 0 Å². The van der Waals surface area contributed by atoms with Gasteiger partial charge in [0.2, 0.25) is 5.89 Å². The molecule has 0 aliphatic rings. The molecular formula is C14H15N3O. The molecule has 0 bridgehead atoms. The van der Waals surface area contributed by atoms with E-state index >= 15 is 0 Å². The topological polar surface area (TPSA) is 61.9 Å². The first-order chi connectivity index (χ1) is 8.72. The van der Waals surface area contributed by atoms with Crippen LogP contribution in [0.25, 0.3) is 0 Å². The van der Waals surface area contributed by atoms with E-state index in [4.69, 9.17) is 9.68 Å². The van der Waals surface area contributed by atoms with Gasteiger partial charge < -0.3 is 9.73 Å². The van der Waals surface area contributed by atoms with E-state index in [-0.39, 0.29) is 0 Å². The van der Waals surface area contributed by atoms with Gasteiger partial charge in [0.05, 0.1) is 24.0 Å². The number of nitrogens with zero attached hydrogens (tertiary/aromatic N) is 2. The molecule has 4 heteroatoms. The molecular weight excluding hydrogens is 226 g/mol. The molecule has 0 saturated carbocycles. The summed E-state index contributed by atoms with van der Waals surface area (Å²) in [6.45, 7) is 4.47. The number of aromatic nitrogens is 1. The quantitative estimate of drug-likeness (QED) is 0.893. The standard InChI is InChI=1S/C14H15N3O/c1-3-12-8-17-14(18-12)9-16-13-5-4-10(2)6-11(13)7-15/h4-6,8,16H,3,9H2,1-2H3. The van der Waals surface area contributed by atoms with E-state index in [1.165, 1.54) is 0 Å². The lowest BCUT2D eigenvalue weighted by Crippen LogP contribution is -2.01. The highest BCUT2D eigenvalue weighted by molar-refractivity contribution is 5.58. The van der Waals surface area contributed by atoms with E-state index in [1.54, 1.807) is 6.20 Å². The third-order valence-corrected chi connectivity index (χ3v) is 2.68. The molecule has 0 radical (unpaired) electrons. The maximum absolute atomic E-state index is 9.05.